The highest BCUT2D eigenvalue weighted by Crippen LogP contribution is 2.34. The van der Waals surface area contributed by atoms with Gasteiger partial charge < -0.3 is 10.2 Å². The van der Waals surface area contributed by atoms with Crippen molar-refractivity contribution >= 4 is 39.3 Å². The Balaban J connectivity index is 1.68. The number of nitrogens with one attached hydrogen (secondary N) is 2. The zero-order chi connectivity index (χ0) is 14.6. The number of carbonyl (C=O) groups is 2. The average molecular weight is 303 g/mol. The first-order chi connectivity index (χ1) is 10.1. The van der Waals surface area contributed by atoms with E-state index in [9.17, 15) is 9.59 Å². The highest BCUT2D eigenvalue weighted by Gasteiger charge is 2.55. The number of fused-ring (bicyclic) bond motifs is 1. The first kappa shape index (κ1) is 12.5. The summed E-state index contributed by atoms with van der Waals surface area (Å²) in [5.74, 6) is 1.38. The van der Waals surface area contributed by atoms with Crippen LogP contribution in [0.5, 0.6) is 0 Å². The molecule has 8 heteroatoms. The number of rotatable bonds is 2. The molecule has 2 aliphatic heterocycles. The summed E-state index contributed by atoms with van der Waals surface area (Å²) in [7, 11) is 0. The average Bonchev–Trinajstić information content (AvgIpc) is 2.99. The number of urea groups is 1. The third-order valence-electron chi connectivity index (χ3n) is 3.90. The van der Waals surface area contributed by atoms with Crippen LogP contribution >= 0.6 is 11.3 Å². The number of aromatic nitrogens is 2. The summed E-state index contributed by atoms with van der Waals surface area (Å²) in [6.07, 6.45) is 0.761. The Bertz CT molecular complexity index is 765. The van der Waals surface area contributed by atoms with E-state index < -0.39 is 11.6 Å². The standard InChI is InChI=1S/C13H13N5O2S/c1-2-8-14-9(7-3-4-21-10(7)15-8)18-5-13(6-18)11(19)16-12(20)17-13/h3-4H,2,5-6H2,1H3,(H2,16,17,19,20). The van der Waals surface area contributed by atoms with Gasteiger partial charge in [0.15, 0.2) is 5.54 Å². The van der Waals surface area contributed by atoms with Crippen molar-refractivity contribution in [3.05, 3.63) is 17.3 Å². The number of hydrogen-bond acceptors (Lipinski definition) is 6. The lowest BCUT2D eigenvalue weighted by molar-refractivity contribution is -0.124. The molecule has 0 saturated carbocycles. The molecule has 0 aliphatic carbocycles. The van der Waals surface area contributed by atoms with Gasteiger partial charge in [-0.25, -0.2) is 14.8 Å². The van der Waals surface area contributed by atoms with Gasteiger partial charge in [0, 0.05) is 6.42 Å². The summed E-state index contributed by atoms with van der Waals surface area (Å²) in [4.78, 5) is 35.2. The van der Waals surface area contributed by atoms with Gasteiger partial charge in [-0.2, -0.15) is 0 Å². The van der Waals surface area contributed by atoms with Gasteiger partial charge in [0.05, 0.1) is 18.5 Å². The molecule has 3 amide bonds. The highest BCUT2D eigenvalue weighted by molar-refractivity contribution is 7.16. The maximum Gasteiger partial charge on any atom is 0.322 e. The molecule has 0 bridgehead atoms. The molecule has 0 unspecified atom stereocenters. The topological polar surface area (TPSA) is 87.2 Å². The Morgan fingerprint density at radius 1 is 1.38 bits per heavy atom. The van der Waals surface area contributed by atoms with Crippen LogP contribution in [0.25, 0.3) is 10.2 Å². The van der Waals surface area contributed by atoms with Crippen LogP contribution in [-0.2, 0) is 11.2 Å². The van der Waals surface area contributed by atoms with Crippen LogP contribution in [0.3, 0.4) is 0 Å². The smallest absolute Gasteiger partial charge is 0.322 e. The first-order valence-corrected chi connectivity index (χ1v) is 7.62. The summed E-state index contributed by atoms with van der Waals surface area (Å²) in [6.45, 7) is 2.90. The van der Waals surface area contributed by atoms with Crippen LogP contribution in [0.15, 0.2) is 11.4 Å². The Hall–Kier alpha value is -2.22. The Kier molecular flexibility index (Phi) is 2.47. The minimum Gasteiger partial charge on any atom is -0.350 e. The quantitative estimate of drug-likeness (QED) is 0.796. The van der Waals surface area contributed by atoms with Gasteiger partial charge in [0.2, 0.25) is 0 Å². The summed E-state index contributed by atoms with van der Waals surface area (Å²) >= 11 is 1.58. The normalized spacial score (nSPS) is 19.8. The highest BCUT2D eigenvalue weighted by atomic mass is 32.1. The zero-order valence-corrected chi connectivity index (χ0v) is 12.2. The number of hydrogen-bond donors (Lipinski definition) is 2. The minimum absolute atomic E-state index is 0.255. The second-order valence-electron chi connectivity index (χ2n) is 5.30. The van der Waals surface area contributed by atoms with E-state index in [1.54, 1.807) is 11.3 Å². The molecule has 2 aliphatic rings. The van der Waals surface area contributed by atoms with E-state index in [0.29, 0.717) is 13.1 Å². The van der Waals surface area contributed by atoms with Crippen molar-refractivity contribution in [1.82, 2.24) is 20.6 Å². The predicted octanol–water partition coefficient (Wildman–Crippen LogP) is 0.652. The van der Waals surface area contributed by atoms with Crippen molar-refractivity contribution in [2.24, 2.45) is 0 Å². The van der Waals surface area contributed by atoms with Crippen molar-refractivity contribution in [3.8, 4) is 0 Å². The lowest BCUT2D eigenvalue weighted by atomic mass is 9.90. The molecule has 1 spiro atoms. The van der Waals surface area contributed by atoms with Crippen LogP contribution in [0.4, 0.5) is 10.6 Å². The third kappa shape index (κ3) is 1.72. The first-order valence-electron chi connectivity index (χ1n) is 6.74. The Morgan fingerprint density at radius 3 is 2.86 bits per heavy atom. The van der Waals surface area contributed by atoms with Gasteiger partial charge in [0.1, 0.15) is 16.5 Å². The summed E-state index contributed by atoms with van der Waals surface area (Å²) in [6, 6.07) is 1.57. The van der Waals surface area contributed by atoms with Crippen molar-refractivity contribution in [2.45, 2.75) is 18.9 Å². The van der Waals surface area contributed by atoms with Crippen molar-refractivity contribution in [2.75, 3.05) is 18.0 Å². The number of anilines is 1. The van der Waals surface area contributed by atoms with Gasteiger partial charge in [-0.3, -0.25) is 10.1 Å². The maximum atomic E-state index is 11.9. The second kappa shape index (κ2) is 4.14. The van der Waals surface area contributed by atoms with Crippen LogP contribution in [0.1, 0.15) is 12.7 Å². The van der Waals surface area contributed by atoms with Gasteiger partial charge in [-0.05, 0) is 11.4 Å². The molecule has 2 aromatic heterocycles. The lowest BCUT2D eigenvalue weighted by Crippen LogP contribution is -2.71. The molecule has 2 aromatic rings. The number of imide groups is 1. The van der Waals surface area contributed by atoms with E-state index in [-0.39, 0.29) is 5.91 Å². The summed E-state index contributed by atoms with van der Waals surface area (Å²) < 4.78 is 0. The SMILES string of the molecule is CCc1nc(N2CC3(C2)NC(=O)NC3=O)c2ccsc2n1. The summed E-state index contributed by atoms with van der Waals surface area (Å²) in [5.41, 5.74) is -0.795. The van der Waals surface area contributed by atoms with Crippen molar-refractivity contribution in [3.63, 3.8) is 0 Å². The van der Waals surface area contributed by atoms with Gasteiger partial charge >= 0.3 is 6.03 Å². The van der Waals surface area contributed by atoms with Gasteiger partial charge in [-0.15, -0.1) is 11.3 Å². The maximum absolute atomic E-state index is 11.9. The van der Waals surface area contributed by atoms with Crippen LogP contribution in [0, 0.1) is 0 Å². The molecule has 4 rings (SSSR count). The number of amides is 3. The number of nitrogens with zero attached hydrogens (tertiary/aromatic N) is 3. The molecule has 2 fully saturated rings. The molecule has 0 radical (unpaired) electrons. The fraction of sp³-hybridized carbons (Fsp3) is 0.385. The predicted molar refractivity (Wildman–Crippen MR) is 78.4 cm³/mol. The molecule has 0 aromatic carbocycles. The van der Waals surface area contributed by atoms with E-state index >= 15 is 0 Å². The molecule has 108 valence electrons. The van der Waals surface area contributed by atoms with Gasteiger partial charge in [0.25, 0.3) is 5.91 Å². The Morgan fingerprint density at radius 2 is 2.19 bits per heavy atom. The number of thiophene rings is 1. The molecule has 4 heterocycles. The zero-order valence-electron chi connectivity index (χ0n) is 11.3. The molecule has 2 saturated heterocycles. The fourth-order valence-electron chi connectivity index (χ4n) is 2.79. The molecule has 7 nitrogen and oxygen atoms in total. The number of aryl methyl sites for hydroxylation is 1. The van der Waals surface area contributed by atoms with Gasteiger partial charge in [-0.1, -0.05) is 6.92 Å². The molecule has 2 N–H and O–H groups in total. The summed E-state index contributed by atoms with van der Waals surface area (Å²) in [5, 5.41) is 7.98. The van der Waals surface area contributed by atoms with E-state index in [2.05, 4.69) is 20.6 Å². The van der Waals surface area contributed by atoms with E-state index in [1.807, 2.05) is 23.3 Å². The number of carbonyl (C=O) groups excluding carboxylic acids is 2. The minimum atomic E-state index is -0.795. The third-order valence-corrected chi connectivity index (χ3v) is 4.71. The van der Waals surface area contributed by atoms with Crippen LogP contribution in [0.2, 0.25) is 0 Å². The largest absolute Gasteiger partial charge is 0.350 e. The molecular weight excluding hydrogens is 290 g/mol. The Labute approximate surface area is 124 Å². The van der Waals surface area contributed by atoms with Crippen LogP contribution < -0.4 is 15.5 Å². The van der Waals surface area contributed by atoms with E-state index in [1.165, 1.54) is 0 Å². The van der Waals surface area contributed by atoms with Crippen molar-refractivity contribution < 1.29 is 9.59 Å². The van der Waals surface area contributed by atoms with Crippen LogP contribution in [-0.4, -0.2) is 40.5 Å². The fourth-order valence-corrected chi connectivity index (χ4v) is 3.57. The monoisotopic (exact) mass is 303 g/mol. The molecular formula is C13H13N5O2S. The molecule has 0 atom stereocenters. The van der Waals surface area contributed by atoms with E-state index in [4.69, 9.17) is 0 Å². The van der Waals surface area contributed by atoms with E-state index in [0.717, 1.165) is 28.3 Å². The second-order valence-corrected chi connectivity index (χ2v) is 6.20. The molecule has 21 heavy (non-hydrogen) atoms. The van der Waals surface area contributed by atoms with Crippen molar-refractivity contribution in [1.29, 1.82) is 0 Å². The lowest BCUT2D eigenvalue weighted by Gasteiger charge is -2.46.